The first-order valence-electron chi connectivity index (χ1n) is 5.61. The Morgan fingerprint density at radius 3 is 2.74 bits per heavy atom. The summed E-state index contributed by atoms with van der Waals surface area (Å²) in [5.74, 6) is -0.367. The second kappa shape index (κ2) is 4.93. The molecule has 0 bridgehead atoms. The molecule has 100 valence electrons. The van der Waals surface area contributed by atoms with Crippen LogP contribution in [0.1, 0.15) is 21.6 Å². The molecule has 0 fully saturated rings. The van der Waals surface area contributed by atoms with Gasteiger partial charge < -0.3 is 9.84 Å². The van der Waals surface area contributed by atoms with Gasteiger partial charge in [-0.1, -0.05) is 17.7 Å². The maximum Gasteiger partial charge on any atom is 0.343 e. The van der Waals surface area contributed by atoms with Crippen LogP contribution in [0.25, 0.3) is 0 Å². The number of nitrogens with zero attached hydrogens (tertiary/aromatic N) is 2. The maximum absolute atomic E-state index is 11.2. The van der Waals surface area contributed by atoms with E-state index in [4.69, 9.17) is 16.3 Å². The van der Waals surface area contributed by atoms with Gasteiger partial charge in [0, 0.05) is 12.1 Å². The summed E-state index contributed by atoms with van der Waals surface area (Å²) in [5, 5.41) is 13.8. The van der Waals surface area contributed by atoms with Crippen LogP contribution in [0.5, 0.6) is 11.6 Å². The van der Waals surface area contributed by atoms with Crippen LogP contribution in [0.3, 0.4) is 0 Å². The number of ether oxygens (including phenoxy) is 1. The van der Waals surface area contributed by atoms with Crippen molar-refractivity contribution < 1.29 is 14.6 Å². The fraction of sp³-hybridized carbons (Fsp3) is 0.231. The smallest absolute Gasteiger partial charge is 0.343 e. The van der Waals surface area contributed by atoms with E-state index in [1.54, 1.807) is 32.2 Å². The first-order chi connectivity index (χ1) is 8.90. The average Bonchev–Trinajstić information content (AvgIpc) is 2.59. The van der Waals surface area contributed by atoms with Crippen molar-refractivity contribution in [2.75, 3.05) is 0 Å². The van der Waals surface area contributed by atoms with Gasteiger partial charge in [0.15, 0.2) is 0 Å². The fourth-order valence-corrected chi connectivity index (χ4v) is 1.95. The third-order valence-corrected chi connectivity index (χ3v) is 2.98. The molecule has 0 aliphatic heterocycles. The molecule has 1 aromatic heterocycles. The highest BCUT2D eigenvalue weighted by Crippen LogP contribution is 2.31. The van der Waals surface area contributed by atoms with Gasteiger partial charge in [-0.3, -0.25) is 0 Å². The molecule has 5 nitrogen and oxygen atoms in total. The van der Waals surface area contributed by atoms with Crippen LogP contribution >= 0.6 is 11.6 Å². The SMILES string of the molecule is Cc1ccc(Cl)cc1Oc1c(C(=O)O)c(C)nn1C. The van der Waals surface area contributed by atoms with E-state index in [9.17, 15) is 9.90 Å². The van der Waals surface area contributed by atoms with Crippen LogP contribution in [0.4, 0.5) is 0 Å². The molecule has 19 heavy (non-hydrogen) atoms. The second-order valence-corrected chi connectivity index (χ2v) is 4.64. The Morgan fingerprint density at radius 2 is 2.11 bits per heavy atom. The summed E-state index contributed by atoms with van der Waals surface area (Å²) in [7, 11) is 1.63. The van der Waals surface area contributed by atoms with Crippen LogP contribution in [0.2, 0.25) is 5.02 Å². The number of aromatic nitrogens is 2. The molecule has 0 radical (unpaired) electrons. The number of carboxylic acids is 1. The minimum absolute atomic E-state index is 0.0573. The molecule has 2 rings (SSSR count). The second-order valence-electron chi connectivity index (χ2n) is 4.21. The predicted molar refractivity (Wildman–Crippen MR) is 71.2 cm³/mol. The number of aryl methyl sites for hydroxylation is 3. The Hall–Kier alpha value is -2.01. The number of aromatic carboxylic acids is 1. The lowest BCUT2D eigenvalue weighted by Crippen LogP contribution is -2.02. The Kier molecular flexibility index (Phi) is 3.48. The number of hydrogen-bond donors (Lipinski definition) is 1. The van der Waals surface area contributed by atoms with Gasteiger partial charge in [0.25, 0.3) is 0 Å². The molecule has 0 atom stereocenters. The normalized spacial score (nSPS) is 10.5. The summed E-state index contributed by atoms with van der Waals surface area (Å²) in [6.07, 6.45) is 0. The zero-order chi connectivity index (χ0) is 14.2. The number of rotatable bonds is 3. The highest BCUT2D eigenvalue weighted by Gasteiger charge is 2.22. The van der Waals surface area contributed by atoms with Crippen molar-refractivity contribution in [3.8, 4) is 11.6 Å². The molecule has 0 amide bonds. The molecule has 6 heteroatoms. The summed E-state index contributed by atoms with van der Waals surface area (Å²) in [6, 6.07) is 5.20. The largest absolute Gasteiger partial charge is 0.477 e. The van der Waals surface area contributed by atoms with Crippen molar-refractivity contribution in [3.63, 3.8) is 0 Å². The van der Waals surface area contributed by atoms with Crippen LogP contribution in [-0.2, 0) is 7.05 Å². The maximum atomic E-state index is 11.2. The van der Waals surface area contributed by atoms with Crippen molar-refractivity contribution in [3.05, 3.63) is 40.0 Å². The molecule has 1 heterocycles. The summed E-state index contributed by atoms with van der Waals surface area (Å²) in [6.45, 7) is 3.48. The van der Waals surface area contributed by atoms with E-state index in [2.05, 4.69) is 5.10 Å². The Morgan fingerprint density at radius 1 is 1.42 bits per heavy atom. The van der Waals surface area contributed by atoms with Gasteiger partial charge in [-0.2, -0.15) is 5.10 Å². The standard InChI is InChI=1S/C13H13ClN2O3/c1-7-4-5-9(14)6-10(7)19-12-11(13(17)18)8(2)15-16(12)3/h4-6H,1-3H3,(H,17,18). The molecule has 0 saturated heterocycles. The van der Waals surface area contributed by atoms with E-state index < -0.39 is 5.97 Å². The van der Waals surface area contributed by atoms with Crippen molar-refractivity contribution >= 4 is 17.6 Å². The lowest BCUT2D eigenvalue weighted by atomic mass is 10.2. The predicted octanol–water partition coefficient (Wildman–Crippen LogP) is 3.18. The number of hydrogen-bond acceptors (Lipinski definition) is 3. The van der Waals surface area contributed by atoms with Gasteiger partial charge in [-0.05, 0) is 31.5 Å². The van der Waals surface area contributed by atoms with Gasteiger partial charge in [0.05, 0.1) is 5.69 Å². The van der Waals surface area contributed by atoms with Crippen molar-refractivity contribution in [2.45, 2.75) is 13.8 Å². The molecule has 0 aliphatic carbocycles. The zero-order valence-corrected chi connectivity index (χ0v) is 11.5. The van der Waals surface area contributed by atoms with Crippen LogP contribution in [0.15, 0.2) is 18.2 Å². The average molecular weight is 281 g/mol. The van der Waals surface area contributed by atoms with Crippen LogP contribution < -0.4 is 4.74 Å². The van der Waals surface area contributed by atoms with Crippen molar-refractivity contribution in [1.29, 1.82) is 0 Å². The summed E-state index contributed by atoms with van der Waals surface area (Å²) >= 11 is 5.91. The summed E-state index contributed by atoms with van der Waals surface area (Å²) in [4.78, 5) is 11.2. The minimum atomic E-state index is -1.07. The molecule has 0 spiro atoms. The van der Waals surface area contributed by atoms with Crippen LogP contribution in [-0.4, -0.2) is 20.9 Å². The number of carbonyl (C=O) groups is 1. The van der Waals surface area contributed by atoms with Crippen molar-refractivity contribution in [1.82, 2.24) is 9.78 Å². The highest BCUT2D eigenvalue weighted by atomic mass is 35.5. The van der Waals surface area contributed by atoms with E-state index in [1.807, 2.05) is 6.92 Å². The van der Waals surface area contributed by atoms with E-state index in [-0.39, 0.29) is 11.4 Å². The molecular formula is C13H13ClN2O3. The number of benzene rings is 1. The molecule has 0 aliphatic rings. The first kappa shape index (κ1) is 13.4. The van der Waals surface area contributed by atoms with E-state index in [1.165, 1.54) is 4.68 Å². The fourth-order valence-electron chi connectivity index (χ4n) is 1.79. The summed E-state index contributed by atoms with van der Waals surface area (Å²) < 4.78 is 7.07. The van der Waals surface area contributed by atoms with Gasteiger partial charge in [-0.25, -0.2) is 9.48 Å². The van der Waals surface area contributed by atoms with E-state index in [0.717, 1.165) is 5.56 Å². The Labute approximate surface area is 115 Å². The van der Waals surface area contributed by atoms with E-state index in [0.29, 0.717) is 16.5 Å². The van der Waals surface area contributed by atoms with Crippen LogP contribution in [0, 0.1) is 13.8 Å². The highest BCUT2D eigenvalue weighted by molar-refractivity contribution is 6.30. The minimum Gasteiger partial charge on any atom is -0.477 e. The number of halogens is 1. The third-order valence-electron chi connectivity index (χ3n) is 2.74. The van der Waals surface area contributed by atoms with Gasteiger partial charge in [0.1, 0.15) is 11.3 Å². The summed E-state index contributed by atoms with van der Waals surface area (Å²) in [5.41, 5.74) is 1.33. The van der Waals surface area contributed by atoms with Gasteiger partial charge in [-0.15, -0.1) is 0 Å². The lowest BCUT2D eigenvalue weighted by molar-refractivity contribution is 0.0693. The van der Waals surface area contributed by atoms with Crippen molar-refractivity contribution in [2.24, 2.45) is 7.05 Å². The lowest BCUT2D eigenvalue weighted by Gasteiger charge is -2.09. The molecule has 0 unspecified atom stereocenters. The Balaban J connectivity index is 2.49. The molecule has 2 aromatic rings. The third kappa shape index (κ3) is 2.56. The monoisotopic (exact) mass is 280 g/mol. The number of carboxylic acid groups (broad SMARTS) is 1. The Bertz CT molecular complexity index is 650. The van der Waals surface area contributed by atoms with Gasteiger partial charge in [0.2, 0.25) is 5.88 Å². The van der Waals surface area contributed by atoms with Gasteiger partial charge >= 0.3 is 5.97 Å². The first-order valence-corrected chi connectivity index (χ1v) is 5.99. The quantitative estimate of drug-likeness (QED) is 0.938. The molecule has 1 aromatic carbocycles. The van der Waals surface area contributed by atoms with E-state index >= 15 is 0 Å². The topological polar surface area (TPSA) is 64.3 Å². The molecular weight excluding hydrogens is 268 g/mol. The molecule has 0 saturated carbocycles. The molecule has 1 N–H and O–H groups in total. The zero-order valence-electron chi connectivity index (χ0n) is 10.8.